The van der Waals surface area contributed by atoms with Crippen LogP contribution in [0.1, 0.15) is 29.2 Å². The van der Waals surface area contributed by atoms with E-state index in [0.29, 0.717) is 23.0 Å². The van der Waals surface area contributed by atoms with E-state index in [1.54, 1.807) is 6.07 Å². The van der Waals surface area contributed by atoms with Crippen molar-refractivity contribution in [1.82, 2.24) is 10.6 Å². The second-order valence-electron chi connectivity index (χ2n) is 6.23. The van der Waals surface area contributed by atoms with Crippen molar-refractivity contribution >= 4 is 28.9 Å². The molecule has 0 amide bonds. The minimum Gasteiger partial charge on any atom is -0.394 e. The molecule has 0 aromatic heterocycles. The molecule has 0 radical (unpaired) electrons. The van der Waals surface area contributed by atoms with Gasteiger partial charge in [0, 0.05) is 5.02 Å². The summed E-state index contributed by atoms with van der Waals surface area (Å²) in [6, 6.07) is 12.5. The normalized spacial score (nSPS) is 17.0. The van der Waals surface area contributed by atoms with Crippen LogP contribution in [0.4, 0.5) is 4.39 Å². The van der Waals surface area contributed by atoms with E-state index in [1.165, 1.54) is 6.07 Å². The van der Waals surface area contributed by atoms with Crippen LogP contribution in [-0.2, 0) is 12.8 Å². The van der Waals surface area contributed by atoms with Crippen molar-refractivity contribution in [2.24, 2.45) is 0 Å². The molecule has 0 fully saturated rings. The maximum atomic E-state index is 13.8. The van der Waals surface area contributed by atoms with E-state index in [-0.39, 0.29) is 24.5 Å². The Morgan fingerprint density at radius 2 is 2.04 bits per heavy atom. The smallest absolute Gasteiger partial charge is 0.167 e. The van der Waals surface area contributed by atoms with Gasteiger partial charge >= 0.3 is 0 Å². The predicted molar refractivity (Wildman–Crippen MR) is 102 cm³/mol. The van der Waals surface area contributed by atoms with Gasteiger partial charge in [-0.1, -0.05) is 35.9 Å². The Kier molecular flexibility index (Phi) is 5.89. The molecule has 1 aliphatic rings. The predicted octanol–water partition coefficient (Wildman–Crippen LogP) is 3.53. The lowest BCUT2D eigenvalue weighted by molar-refractivity contribution is 0.254. The number of hydrogen-bond acceptors (Lipinski definition) is 2. The van der Waals surface area contributed by atoms with Crippen molar-refractivity contribution < 1.29 is 9.50 Å². The first-order valence-corrected chi connectivity index (χ1v) is 9.05. The van der Waals surface area contributed by atoms with E-state index in [2.05, 4.69) is 10.6 Å². The molecule has 2 unspecified atom stereocenters. The maximum absolute atomic E-state index is 13.8. The summed E-state index contributed by atoms with van der Waals surface area (Å²) in [6.07, 6.45) is 2.14. The standard InChI is InChI=1S/C19H20ClFN2OS/c20-13-6-4-12(5-7-13)10-14(11-24)22-19(25)23-18-9-8-15-16(18)2-1-3-17(15)21/h1-7,14,18,24H,8-11H2,(H2,22,23,25). The molecule has 0 bridgehead atoms. The highest BCUT2D eigenvalue weighted by molar-refractivity contribution is 7.80. The number of nitrogens with one attached hydrogen (secondary N) is 2. The number of halogens is 2. The zero-order chi connectivity index (χ0) is 17.8. The molecule has 2 aromatic carbocycles. The first kappa shape index (κ1) is 18.1. The largest absolute Gasteiger partial charge is 0.394 e. The molecule has 2 aromatic rings. The summed E-state index contributed by atoms with van der Waals surface area (Å²) in [4.78, 5) is 0. The van der Waals surface area contributed by atoms with E-state index in [4.69, 9.17) is 23.8 Å². The number of rotatable bonds is 5. The van der Waals surface area contributed by atoms with Gasteiger partial charge in [-0.15, -0.1) is 0 Å². The highest BCUT2D eigenvalue weighted by atomic mass is 35.5. The third kappa shape index (κ3) is 4.48. The van der Waals surface area contributed by atoms with Crippen molar-refractivity contribution in [3.63, 3.8) is 0 Å². The first-order chi connectivity index (χ1) is 12.1. The van der Waals surface area contributed by atoms with Gasteiger partial charge in [-0.2, -0.15) is 0 Å². The van der Waals surface area contributed by atoms with Crippen LogP contribution in [0.3, 0.4) is 0 Å². The molecule has 0 saturated heterocycles. The monoisotopic (exact) mass is 378 g/mol. The van der Waals surface area contributed by atoms with E-state index in [1.807, 2.05) is 30.3 Å². The number of thiocarbonyl (C=S) groups is 1. The highest BCUT2D eigenvalue weighted by Crippen LogP contribution is 2.32. The fraction of sp³-hybridized carbons (Fsp3) is 0.316. The third-order valence-corrected chi connectivity index (χ3v) is 4.96. The lowest BCUT2D eigenvalue weighted by Crippen LogP contribution is -2.45. The molecule has 1 aliphatic carbocycles. The fourth-order valence-electron chi connectivity index (χ4n) is 3.21. The van der Waals surface area contributed by atoms with Crippen LogP contribution in [0.15, 0.2) is 42.5 Å². The van der Waals surface area contributed by atoms with Gasteiger partial charge in [0.05, 0.1) is 18.7 Å². The van der Waals surface area contributed by atoms with Crippen LogP contribution in [0.25, 0.3) is 0 Å². The van der Waals surface area contributed by atoms with Crippen molar-refractivity contribution in [2.75, 3.05) is 6.61 Å². The summed E-state index contributed by atoms with van der Waals surface area (Å²) in [5.41, 5.74) is 2.79. The molecule has 6 heteroatoms. The van der Waals surface area contributed by atoms with Gasteiger partial charge in [0.1, 0.15) is 5.82 Å². The Bertz CT molecular complexity index is 754. The summed E-state index contributed by atoms with van der Waals surface area (Å²) in [7, 11) is 0. The second kappa shape index (κ2) is 8.13. The summed E-state index contributed by atoms with van der Waals surface area (Å²) < 4.78 is 13.8. The van der Waals surface area contributed by atoms with Crippen LogP contribution in [0.2, 0.25) is 5.02 Å². The summed E-state index contributed by atoms with van der Waals surface area (Å²) >= 11 is 11.3. The molecule has 0 aliphatic heterocycles. The van der Waals surface area contributed by atoms with Crippen molar-refractivity contribution in [3.8, 4) is 0 Å². The van der Waals surface area contributed by atoms with Crippen LogP contribution in [0, 0.1) is 5.82 Å². The highest BCUT2D eigenvalue weighted by Gasteiger charge is 2.25. The summed E-state index contributed by atoms with van der Waals surface area (Å²) in [6.45, 7) is -0.0413. The average Bonchev–Trinajstić information content (AvgIpc) is 3.00. The Labute approximate surface area is 157 Å². The summed E-state index contributed by atoms with van der Waals surface area (Å²) in [5, 5.41) is 17.2. The first-order valence-electron chi connectivity index (χ1n) is 8.26. The number of hydrogen-bond donors (Lipinski definition) is 3. The molecule has 3 N–H and O–H groups in total. The molecular weight excluding hydrogens is 359 g/mol. The van der Waals surface area contributed by atoms with Gasteiger partial charge in [-0.3, -0.25) is 0 Å². The molecule has 3 nitrogen and oxygen atoms in total. The minimum atomic E-state index is -0.199. The number of aliphatic hydroxyl groups is 1. The maximum Gasteiger partial charge on any atom is 0.167 e. The lowest BCUT2D eigenvalue weighted by atomic mass is 10.1. The van der Waals surface area contributed by atoms with Crippen LogP contribution in [-0.4, -0.2) is 22.9 Å². The molecule has 132 valence electrons. The van der Waals surface area contributed by atoms with Gasteiger partial charge in [0.2, 0.25) is 0 Å². The van der Waals surface area contributed by atoms with Crippen molar-refractivity contribution in [3.05, 3.63) is 70.0 Å². The van der Waals surface area contributed by atoms with Gasteiger partial charge in [0.15, 0.2) is 5.11 Å². The average molecular weight is 379 g/mol. The third-order valence-electron chi connectivity index (χ3n) is 4.47. The van der Waals surface area contributed by atoms with Gasteiger partial charge in [-0.25, -0.2) is 4.39 Å². The zero-order valence-corrected chi connectivity index (χ0v) is 15.2. The zero-order valence-electron chi connectivity index (χ0n) is 13.6. The number of benzene rings is 2. The molecule has 2 atom stereocenters. The van der Waals surface area contributed by atoms with E-state index >= 15 is 0 Å². The van der Waals surface area contributed by atoms with Crippen molar-refractivity contribution in [1.29, 1.82) is 0 Å². The van der Waals surface area contributed by atoms with Gasteiger partial charge < -0.3 is 15.7 Å². The quantitative estimate of drug-likeness (QED) is 0.696. The van der Waals surface area contributed by atoms with E-state index in [0.717, 1.165) is 23.1 Å². The van der Waals surface area contributed by atoms with Crippen LogP contribution >= 0.6 is 23.8 Å². The lowest BCUT2D eigenvalue weighted by Gasteiger charge is -2.22. The number of fused-ring (bicyclic) bond motifs is 1. The van der Waals surface area contributed by atoms with E-state index in [9.17, 15) is 9.50 Å². The topological polar surface area (TPSA) is 44.3 Å². The fourth-order valence-corrected chi connectivity index (χ4v) is 3.65. The molecular formula is C19H20ClFN2OS. The SMILES string of the molecule is OCC(Cc1ccc(Cl)cc1)NC(=S)NC1CCc2c(F)cccc21. The molecule has 25 heavy (non-hydrogen) atoms. The Morgan fingerprint density at radius 1 is 1.28 bits per heavy atom. The minimum absolute atomic E-state index is 0.000532. The number of aliphatic hydroxyl groups excluding tert-OH is 1. The van der Waals surface area contributed by atoms with Gasteiger partial charge in [-0.05, 0) is 66.4 Å². The molecule has 0 saturated carbocycles. The van der Waals surface area contributed by atoms with Crippen LogP contribution < -0.4 is 10.6 Å². The molecule has 3 rings (SSSR count). The second-order valence-corrected chi connectivity index (χ2v) is 7.07. The molecule has 0 spiro atoms. The molecule has 0 heterocycles. The van der Waals surface area contributed by atoms with Crippen molar-refractivity contribution in [2.45, 2.75) is 31.3 Å². The Hall–Kier alpha value is -1.69. The van der Waals surface area contributed by atoms with Gasteiger partial charge in [0.25, 0.3) is 0 Å². The summed E-state index contributed by atoms with van der Waals surface area (Å²) in [5.74, 6) is -0.156. The van der Waals surface area contributed by atoms with Crippen LogP contribution in [0.5, 0.6) is 0 Å². The Balaban J connectivity index is 1.58. The Morgan fingerprint density at radius 3 is 2.76 bits per heavy atom. The van der Waals surface area contributed by atoms with E-state index < -0.39 is 0 Å².